The molecule has 15 heavy (non-hydrogen) atoms. The lowest BCUT2D eigenvalue weighted by Gasteiger charge is -2.10. The number of H-pyrrole nitrogens is 1. The van der Waals surface area contributed by atoms with Gasteiger partial charge in [-0.3, -0.25) is 4.79 Å². The predicted octanol–water partition coefficient (Wildman–Crippen LogP) is -0.958. The Kier molecular flexibility index (Phi) is 4.79. The van der Waals surface area contributed by atoms with Gasteiger partial charge < -0.3 is 20.8 Å². The molecule has 1 amide bonds. The van der Waals surface area contributed by atoms with Crippen molar-refractivity contribution in [2.24, 2.45) is 5.73 Å². The molecule has 0 aromatic carbocycles. The van der Waals surface area contributed by atoms with E-state index in [1.165, 1.54) is 7.11 Å². The maximum atomic E-state index is 11.3. The molecule has 0 aliphatic carbocycles. The van der Waals surface area contributed by atoms with Crippen LogP contribution in [0, 0.1) is 0 Å². The highest BCUT2D eigenvalue weighted by molar-refractivity contribution is 5.81. The number of hydrogen-bond donors (Lipinski definition) is 3. The highest BCUT2D eigenvalue weighted by Crippen LogP contribution is 1.88. The molecule has 0 saturated heterocycles. The number of carbonyl (C=O) groups is 1. The molecule has 0 aliphatic heterocycles. The lowest BCUT2D eigenvalue weighted by atomic mass is 10.3. The van der Waals surface area contributed by atoms with Crippen molar-refractivity contribution in [3.8, 4) is 0 Å². The number of imidazole rings is 1. The van der Waals surface area contributed by atoms with Crippen molar-refractivity contribution in [2.45, 2.75) is 12.5 Å². The van der Waals surface area contributed by atoms with Gasteiger partial charge in [-0.2, -0.15) is 0 Å². The third-order valence-electron chi connectivity index (χ3n) is 1.90. The van der Waals surface area contributed by atoms with E-state index in [9.17, 15) is 4.79 Å². The van der Waals surface area contributed by atoms with Gasteiger partial charge in [-0.1, -0.05) is 0 Å². The zero-order valence-electron chi connectivity index (χ0n) is 8.69. The topological polar surface area (TPSA) is 93.0 Å². The van der Waals surface area contributed by atoms with E-state index in [1.807, 2.05) is 0 Å². The number of hydrogen-bond acceptors (Lipinski definition) is 4. The minimum absolute atomic E-state index is 0.205. The molecule has 0 fully saturated rings. The van der Waals surface area contributed by atoms with Gasteiger partial charge in [0.1, 0.15) is 11.9 Å². The average Bonchev–Trinajstić information content (AvgIpc) is 2.71. The zero-order chi connectivity index (χ0) is 11.1. The Hall–Kier alpha value is -1.40. The van der Waals surface area contributed by atoms with Crippen molar-refractivity contribution >= 4 is 5.91 Å². The third kappa shape index (κ3) is 4.09. The number of nitrogens with zero attached hydrogens (tertiary/aromatic N) is 1. The summed E-state index contributed by atoms with van der Waals surface area (Å²) >= 11 is 0. The Morgan fingerprint density at radius 3 is 3.20 bits per heavy atom. The first kappa shape index (κ1) is 11.7. The molecule has 1 aromatic heterocycles. The Labute approximate surface area is 88.2 Å². The fourth-order valence-corrected chi connectivity index (χ4v) is 1.13. The van der Waals surface area contributed by atoms with Gasteiger partial charge in [-0.05, 0) is 0 Å². The first-order valence-corrected chi connectivity index (χ1v) is 4.74. The Balaban J connectivity index is 2.17. The minimum Gasteiger partial charge on any atom is -0.383 e. The molecule has 0 aliphatic rings. The first-order chi connectivity index (χ1) is 7.24. The molecule has 1 heterocycles. The summed E-state index contributed by atoms with van der Waals surface area (Å²) in [6.45, 7) is 0.746. The van der Waals surface area contributed by atoms with E-state index in [0.29, 0.717) is 13.0 Å². The van der Waals surface area contributed by atoms with Gasteiger partial charge >= 0.3 is 0 Å². The molecule has 1 unspecified atom stereocenters. The van der Waals surface area contributed by atoms with Gasteiger partial charge in [0.15, 0.2) is 0 Å². The number of ether oxygens (including phenoxy) is 1. The number of aromatic amines is 1. The summed E-state index contributed by atoms with van der Waals surface area (Å²) in [5.41, 5.74) is 5.53. The number of methoxy groups -OCH3 is 1. The lowest BCUT2D eigenvalue weighted by molar-refractivity contribution is -0.123. The van der Waals surface area contributed by atoms with Crippen LogP contribution in [-0.2, 0) is 16.0 Å². The van der Waals surface area contributed by atoms with Gasteiger partial charge in [0.2, 0.25) is 5.91 Å². The summed E-state index contributed by atoms with van der Waals surface area (Å²) in [5, 5.41) is 2.70. The molecule has 0 spiro atoms. The Morgan fingerprint density at radius 2 is 2.60 bits per heavy atom. The van der Waals surface area contributed by atoms with E-state index >= 15 is 0 Å². The monoisotopic (exact) mass is 212 g/mol. The largest absolute Gasteiger partial charge is 0.383 e. The number of amides is 1. The molecule has 1 aromatic rings. The molecule has 84 valence electrons. The maximum Gasteiger partial charge on any atom is 0.239 e. The summed E-state index contributed by atoms with van der Waals surface area (Å²) in [4.78, 5) is 18.3. The van der Waals surface area contributed by atoms with Gasteiger partial charge in [0, 0.05) is 32.5 Å². The van der Waals surface area contributed by atoms with Crippen LogP contribution in [0.4, 0.5) is 0 Å². The van der Waals surface area contributed by atoms with Crippen LogP contribution in [0.3, 0.4) is 0 Å². The summed E-state index contributed by atoms with van der Waals surface area (Å²) in [7, 11) is 1.51. The SMILES string of the molecule is COCC(N)C(=O)NCCc1ncc[nH]1. The normalized spacial score (nSPS) is 12.4. The van der Waals surface area contributed by atoms with Gasteiger partial charge in [-0.25, -0.2) is 4.98 Å². The van der Waals surface area contributed by atoms with Gasteiger partial charge in [-0.15, -0.1) is 0 Å². The second-order valence-corrected chi connectivity index (χ2v) is 3.14. The Morgan fingerprint density at radius 1 is 1.80 bits per heavy atom. The molecule has 0 radical (unpaired) electrons. The van der Waals surface area contributed by atoms with Crippen LogP contribution in [0.1, 0.15) is 5.82 Å². The van der Waals surface area contributed by atoms with Crippen molar-refractivity contribution < 1.29 is 9.53 Å². The van der Waals surface area contributed by atoms with E-state index < -0.39 is 6.04 Å². The standard InChI is InChI=1S/C9H16N4O2/c1-15-6-7(10)9(14)13-3-2-8-11-4-5-12-8/h4-5,7H,2-3,6,10H2,1H3,(H,11,12)(H,13,14). The van der Waals surface area contributed by atoms with Crippen molar-refractivity contribution in [1.82, 2.24) is 15.3 Å². The van der Waals surface area contributed by atoms with Crippen LogP contribution in [0.2, 0.25) is 0 Å². The van der Waals surface area contributed by atoms with Gasteiger partial charge in [0.25, 0.3) is 0 Å². The molecule has 1 atom stereocenters. The van der Waals surface area contributed by atoms with Crippen LogP contribution in [0.25, 0.3) is 0 Å². The molecule has 6 heteroatoms. The third-order valence-corrected chi connectivity index (χ3v) is 1.90. The van der Waals surface area contributed by atoms with Crippen molar-refractivity contribution in [3.63, 3.8) is 0 Å². The van der Waals surface area contributed by atoms with Gasteiger partial charge in [0.05, 0.1) is 6.61 Å². The highest BCUT2D eigenvalue weighted by Gasteiger charge is 2.11. The van der Waals surface area contributed by atoms with E-state index in [-0.39, 0.29) is 12.5 Å². The maximum absolute atomic E-state index is 11.3. The molecule has 0 bridgehead atoms. The number of carbonyl (C=O) groups excluding carboxylic acids is 1. The smallest absolute Gasteiger partial charge is 0.239 e. The molecular formula is C9H16N4O2. The van der Waals surface area contributed by atoms with Crippen LogP contribution in [0.5, 0.6) is 0 Å². The summed E-state index contributed by atoms with van der Waals surface area (Å²) in [6, 6.07) is -0.605. The highest BCUT2D eigenvalue weighted by atomic mass is 16.5. The number of rotatable bonds is 6. The molecule has 1 rings (SSSR count). The van der Waals surface area contributed by atoms with Crippen LogP contribution < -0.4 is 11.1 Å². The van der Waals surface area contributed by atoms with Crippen LogP contribution >= 0.6 is 0 Å². The van der Waals surface area contributed by atoms with Crippen molar-refractivity contribution in [1.29, 1.82) is 0 Å². The lowest BCUT2D eigenvalue weighted by Crippen LogP contribution is -2.44. The molecule has 4 N–H and O–H groups in total. The summed E-state index contributed by atoms with van der Waals surface area (Å²) in [5.74, 6) is 0.638. The fourth-order valence-electron chi connectivity index (χ4n) is 1.13. The molecule has 6 nitrogen and oxygen atoms in total. The van der Waals surface area contributed by atoms with E-state index in [4.69, 9.17) is 10.5 Å². The van der Waals surface area contributed by atoms with Crippen molar-refractivity contribution in [2.75, 3.05) is 20.3 Å². The van der Waals surface area contributed by atoms with E-state index in [2.05, 4.69) is 15.3 Å². The second kappa shape index (κ2) is 6.15. The van der Waals surface area contributed by atoms with Crippen LogP contribution in [0.15, 0.2) is 12.4 Å². The number of nitrogens with one attached hydrogen (secondary N) is 2. The van der Waals surface area contributed by atoms with E-state index in [0.717, 1.165) is 5.82 Å². The molecule has 0 saturated carbocycles. The Bertz CT molecular complexity index is 286. The summed E-state index contributed by atoms with van der Waals surface area (Å²) < 4.78 is 4.77. The van der Waals surface area contributed by atoms with Crippen LogP contribution in [-0.4, -0.2) is 42.2 Å². The second-order valence-electron chi connectivity index (χ2n) is 3.14. The van der Waals surface area contributed by atoms with Crippen molar-refractivity contribution in [3.05, 3.63) is 18.2 Å². The minimum atomic E-state index is -0.605. The molecular weight excluding hydrogens is 196 g/mol. The summed E-state index contributed by atoms with van der Waals surface area (Å²) in [6.07, 6.45) is 4.08. The number of nitrogens with two attached hydrogens (primary N) is 1. The zero-order valence-corrected chi connectivity index (χ0v) is 8.69. The fraction of sp³-hybridized carbons (Fsp3) is 0.556. The predicted molar refractivity (Wildman–Crippen MR) is 55.2 cm³/mol. The first-order valence-electron chi connectivity index (χ1n) is 4.74. The quantitative estimate of drug-likeness (QED) is 0.566. The average molecular weight is 212 g/mol. The van der Waals surface area contributed by atoms with E-state index in [1.54, 1.807) is 12.4 Å². The number of aromatic nitrogens is 2.